The molecule has 1 aliphatic rings. The maximum absolute atomic E-state index is 13.3. The van der Waals surface area contributed by atoms with Gasteiger partial charge in [-0.2, -0.15) is 5.26 Å². The van der Waals surface area contributed by atoms with Gasteiger partial charge in [-0.05, 0) is 36.4 Å². The second kappa shape index (κ2) is 7.29. The Morgan fingerprint density at radius 2 is 1.59 bits per heavy atom. The quantitative estimate of drug-likeness (QED) is 0.369. The van der Waals surface area contributed by atoms with Crippen molar-refractivity contribution in [3.63, 3.8) is 0 Å². The molecule has 0 unspecified atom stereocenters. The second-order valence-electron chi connectivity index (χ2n) is 7.49. The van der Waals surface area contributed by atoms with Gasteiger partial charge in [-0.25, -0.2) is 9.88 Å². The highest BCUT2D eigenvalue weighted by molar-refractivity contribution is 6.34. The van der Waals surface area contributed by atoms with E-state index in [0.29, 0.717) is 22.5 Å². The summed E-state index contributed by atoms with van der Waals surface area (Å²) in [6.45, 7) is 0. The van der Waals surface area contributed by atoms with Gasteiger partial charge in [-0.1, -0.05) is 36.4 Å². The highest BCUT2D eigenvalue weighted by atomic mass is 16.2. The van der Waals surface area contributed by atoms with Crippen LogP contribution in [0.15, 0.2) is 72.8 Å². The predicted molar refractivity (Wildman–Crippen MR) is 117 cm³/mol. The van der Waals surface area contributed by atoms with Crippen molar-refractivity contribution in [2.75, 3.05) is 4.90 Å². The van der Waals surface area contributed by atoms with Gasteiger partial charge in [0.2, 0.25) is 0 Å². The molecular formula is C25H16N4O3. The third-order valence-electron chi connectivity index (χ3n) is 5.65. The van der Waals surface area contributed by atoms with E-state index in [1.807, 2.05) is 24.3 Å². The molecular weight excluding hydrogens is 404 g/mol. The Hall–Kier alpha value is -4.57. The van der Waals surface area contributed by atoms with Gasteiger partial charge in [-0.15, -0.1) is 0 Å². The van der Waals surface area contributed by atoms with Crippen LogP contribution in [0.25, 0.3) is 11.0 Å². The van der Waals surface area contributed by atoms with Crippen LogP contribution in [-0.2, 0) is 7.05 Å². The lowest BCUT2D eigenvalue weighted by atomic mass is 9.97. The van der Waals surface area contributed by atoms with Crippen molar-refractivity contribution in [1.82, 2.24) is 9.55 Å². The molecule has 2 heterocycles. The Bertz CT molecular complexity index is 1440. The van der Waals surface area contributed by atoms with Gasteiger partial charge < -0.3 is 4.57 Å². The summed E-state index contributed by atoms with van der Waals surface area (Å²) in [5, 5.41) is 9.80. The lowest BCUT2D eigenvalue weighted by Crippen LogP contribution is -2.29. The van der Waals surface area contributed by atoms with Crippen LogP contribution in [0.2, 0.25) is 0 Å². The summed E-state index contributed by atoms with van der Waals surface area (Å²) in [4.78, 5) is 44.4. The van der Waals surface area contributed by atoms with Crippen LogP contribution in [0.1, 0.15) is 42.8 Å². The first-order valence-corrected chi connectivity index (χ1v) is 9.94. The number of aromatic nitrogens is 2. The molecule has 154 valence electrons. The van der Waals surface area contributed by atoms with Crippen LogP contribution in [0.3, 0.4) is 0 Å². The predicted octanol–water partition coefficient (Wildman–Crippen LogP) is 3.86. The monoisotopic (exact) mass is 420 g/mol. The van der Waals surface area contributed by atoms with Crippen molar-refractivity contribution in [3.8, 4) is 6.07 Å². The van der Waals surface area contributed by atoms with Gasteiger partial charge in [0.05, 0.1) is 33.9 Å². The molecule has 1 aromatic heterocycles. The third kappa shape index (κ3) is 2.81. The smallest absolute Gasteiger partial charge is 0.266 e. The molecule has 0 saturated heterocycles. The molecule has 32 heavy (non-hydrogen) atoms. The van der Waals surface area contributed by atoms with Gasteiger partial charge in [0.25, 0.3) is 11.8 Å². The average molecular weight is 420 g/mol. The topological polar surface area (TPSA) is 96.1 Å². The molecule has 0 saturated carbocycles. The highest BCUT2D eigenvalue weighted by Gasteiger charge is 2.37. The van der Waals surface area contributed by atoms with Crippen LogP contribution >= 0.6 is 0 Å². The summed E-state index contributed by atoms with van der Waals surface area (Å²) in [6.07, 6.45) is 0. The molecule has 5 rings (SSSR count). The fourth-order valence-corrected chi connectivity index (χ4v) is 4.04. The number of rotatable bonds is 4. The van der Waals surface area contributed by atoms with Gasteiger partial charge in [0.15, 0.2) is 11.7 Å². The fraction of sp³-hybridized carbons (Fsp3) is 0.0800. The largest absolute Gasteiger partial charge is 0.330 e. The van der Waals surface area contributed by atoms with Crippen molar-refractivity contribution in [3.05, 3.63) is 95.3 Å². The van der Waals surface area contributed by atoms with E-state index in [0.717, 1.165) is 10.4 Å². The highest BCUT2D eigenvalue weighted by Crippen LogP contribution is 2.30. The second-order valence-corrected chi connectivity index (χ2v) is 7.49. The third-order valence-corrected chi connectivity index (χ3v) is 5.65. The van der Waals surface area contributed by atoms with Gasteiger partial charge in [0, 0.05) is 12.6 Å². The number of carbonyl (C=O) groups is 3. The number of anilines is 1. The maximum Gasteiger partial charge on any atom is 0.266 e. The SMILES string of the molecule is Cn1c([C@@H](C#N)C(=O)c2cccc(N3C(=O)c4ccccc4C3=O)c2)nc2ccccc21. The van der Waals surface area contributed by atoms with Crippen LogP contribution < -0.4 is 4.90 Å². The molecule has 7 nitrogen and oxygen atoms in total. The number of amides is 2. The Balaban J connectivity index is 1.52. The summed E-state index contributed by atoms with van der Waals surface area (Å²) in [5.41, 5.74) is 2.65. The summed E-state index contributed by atoms with van der Waals surface area (Å²) in [5.74, 6) is -2.14. The first-order valence-electron chi connectivity index (χ1n) is 9.94. The standard InChI is InChI=1S/C25H16N4O3/c1-28-21-12-5-4-11-20(21)27-23(28)19(14-26)22(30)15-7-6-8-16(13-15)29-24(31)17-9-2-3-10-18(17)25(29)32/h2-13,19H,1H3/t19-/m0/s1. The zero-order chi connectivity index (χ0) is 22.4. The number of hydrogen-bond donors (Lipinski definition) is 0. The van der Waals surface area contributed by atoms with E-state index in [9.17, 15) is 19.6 Å². The molecule has 0 bridgehead atoms. The van der Waals surface area contributed by atoms with E-state index in [1.165, 1.54) is 6.07 Å². The van der Waals surface area contributed by atoms with Crippen molar-refractivity contribution in [2.24, 2.45) is 7.05 Å². The lowest BCUT2D eigenvalue weighted by molar-refractivity contribution is 0.0922. The maximum atomic E-state index is 13.3. The summed E-state index contributed by atoms with van der Waals surface area (Å²) in [7, 11) is 1.76. The lowest BCUT2D eigenvalue weighted by Gasteiger charge is -2.15. The minimum Gasteiger partial charge on any atom is -0.330 e. The molecule has 0 aliphatic carbocycles. The van der Waals surface area contributed by atoms with Crippen molar-refractivity contribution >= 4 is 34.3 Å². The Morgan fingerprint density at radius 1 is 0.938 bits per heavy atom. The summed E-state index contributed by atoms with van der Waals surface area (Å²) >= 11 is 0. The first kappa shape index (κ1) is 19.4. The van der Waals surface area contributed by atoms with Crippen molar-refractivity contribution in [1.29, 1.82) is 5.26 Å². The van der Waals surface area contributed by atoms with Crippen LogP contribution in [0.4, 0.5) is 5.69 Å². The number of Topliss-reactive ketones (excluding diaryl/α,β-unsaturated/α-hetero) is 1. The minimum atomic E-state index is -1.13. The number of fused-ring (bicyclic) bond motifs is 2. The van der Waals surface area contributed by atoms with Gasteiger partial charge in [0.1, 0.15) is 5.82 Å². The average Bonchev–Trinajstić information content (AvgIpc) is 3.28. The van der Waals surface area contributed by atoms with Crippen molar-refractivity contribution in [2.45, 2.75) is 5.92 Å². The number of imide groups is 1. The van der Waals surface area contributed by atoms with Crippen LogP contribution in [0.5, 0.6) is 0 Å². The van der Waals surface area contributed by atoms with Gasteiger partial charge >= 0.3 is 0 Å². The molecule has 0 radical (unpaired) electrons. The number of ketones is 1. The Kier molecular flexibility index (Phi) is 4.42. The number of nitrogens with zero attached hydrogens (tertiary/aromatic N) is 4. The van der Waals surface area contributed by atoms with E-state index in [2.05, 4.69) is 11.1 Å². The number of benzene rings is 3. The van der Waals surface area contributed by atoms with E-state index in [4.69, 9.17) is 0 Å². The van der Waals surface area contributed by atoms with E-state index in [-0.39, 0.29) is 11.3 Å². The van der Waals surface area contributed by atoms with E-state index in [1.54, 1.807) is 54.1 Å². The van der Waals surface area contributed by atoms with Crippen LogP contribution in [0, 0.1) is 11.3 Å². The molecule has 4 aromatic rings. The zero-order valence-electron chi connectivity index (χ0n) is 17.0. The number of aryl methyl sites for hydroxylation is 1. The molecule has 3 aromatic carbocycles. The number of carbonyl (C=O) groups excluding carboxylic acids is 3. The molecule has 1 aliphatic heterocycles. The molecule has 1 atom stereocenters. The number of hydrogen-bond acceptors (Lipinski definition) is 5. The first-order chi connectivity index (χ1) is 15.5. The van der Waals surface area contributed by atoms with E-state index >= 15 is 0 Å². The Morgan fingerprint density at radius 3 is 2.25 bits per heavy atom. The molecule has 0 N–H and O–H groups in total. The van der Waals surface area contributed by atoms with Crippen LogP contribution in [-0.4, -0.2) is 27.1 Å². The molecule has 0 fully saturated rings. The minimum absolute atomic E-state index is 0.220. The fourth-order valence-electron chi connectivity index (χ4n) is 4.04. The molecule has 0 spiro atoms. The summed E-state index contributed by atoms with van der Waals surface area (Å²) in [6, 6.07) is 22.3. The normalized spacial score (nSPS) is 13.8. The summed E-state index contributed by atoms with van der Waals surface area (Å²) < 4.78 is 1.73. The number of imidazole rings is 1. The number of nitriles is 1. The van der Waals surface area contributed by atoms with Crippen molar-refractivity contribution < 1.29 is 14.4 Å². The van der Waals surface area contributed by atoms with Gasteiger partial charge in [-0.3, -0.25) is 14.4 Å². The van der Waals surface area contributed by atoms with E-state index < -0.39 is 23.5 Å². The Labute approximate surface area is 183 Å². The zero-order valence-corrected chi connectivity index (χ0v) is 17.0. The molecule has 7 heteroatoms. The number of para-hydroxylation sites is 2. The molecule has 2 amide bonds.